The van der Waals surface area contributed by atoms with Crippen LogP contribution in [0.15, 0.2) is 0 Å². The van der Waals surface area contributed by atoms with Gasteiger partial charge in [0.25, 0.3) is 0 Å². The van der Waals surface area contributed by atoms with Crippen molar-refractivity contribution >= 4 is 11.9 Å². The molecule has 0 saturated carbocycles. The molecule has 0 heterocycles. The molecule has 0 aliphatic rings. The summed E-state index contributed by atoms with van der Waals surface area (Å²) in [5.74, 6) is 0.923. The summed E-state index contributed by atoms with van der Waals surface area (Å²) in [7, 11) is 4.14. The monoisotopic (exact) mass is 596 g/mol. The minimum atomic E-state index is -0.104. The molecule has 0 aromatic rings. The number of rotatable bonds is 32. The van der Waals surface area contributed by atoms with Crippen molar-refractivity contribution in [2.45, 2.75) is 181 Å². The molecule has 0 atom stereocenters. The first-order valence-corrected chi connectivity index (χ1v) is 18.5. The second-order valence-electron chi connectivity index (χ2n) is 14.1. The van der Waals surface area contributed by atoms with Crippen molar-refractivity contribution in [3.63, 3.8) is 0 Å². The lowest BCUT2D eigenvalue weighted by molar-refractivity contribution is -0.883. The van der Waals surface area contributed by atoms with Crippen molar-refractivity contribution in [2.24, 2.45) is 5.92 Å². The van der Waals surface area contributed by atoms with Gasteiger partial charge in [0, 0.05) is 19.4 Å². The molecule has 0 radical (unpaired) electrons. The highest BCUT2D eigenvalue weighted by molar-refractivity contribution is 5.75. The van der Waals surface area contributed by atoms with Crippen LogP contribution in [0.5, 0.6) is 0 Å². The Balaban J connectivity index is 3.51. The van der Waals surface area contributed by atoms with Gasteiger partial charge >= 0.3 is 5.97 Å². The SMILES string of the molecule is CCCCCCCCCCCCOC(=O)C[N+](C)(C)CCCNC(=O)CCCCCCCCCCCCCCC(C)C. The minimum absolute atomic E-state index is 0.104. The number of unbranched alkanes of at least 4 members (excludes halogenated alkanes) is 20. The molecule has 0 spiro atoms. The summed E-state index contributed by atoms with van der Waals surface area (Å²) in [5.41, 5.74) is 0. The third-order valence-corrected chi connectivity index (χ3v) is 8.52. The maximum atomic E-state index is 12.3. The van der Waals surface area contributed by atoms with Gasteiger partial charge in [-0.1, -0.05) is 156 Å². The van der Waals surface area contributed by atoms with E-state index in [4.69, 9.17) is 4.74 Å². The van der Waals surface area contributed by atoms with Crippen LogP contribution >= 0.6 is 0 Å². The molecule has 5 heteroatoms. The van der Waals surface area contributed by atoms with E-state index in [0.717, 1.165) is 44.6 Å². The Morgan fingerprint density at radius 1 is 0.619 bits per heavy atom. The summed E-state index contributed by atoms with van der Waals surface area (Å²) in [6.45, 7) is 9.38. The van der Waals surface area contributed by atoms with Gasteiger partial charge in [-0.3, -0.25) is 4.79 Å². The maximum Gasteiger partial charge on any atom is 0.361 e. The number of hydrogen-bond acceptors (Lipinski definition) is 3. The van der Waals surface area contributed by atoms with Gasteiger partial charge in [-0.2, -0.15) is 0 Å². The molecule has 250 valence electrons. The van der Waals surface area contributed by atoms with Gasteiger partial charge in [0.1, 0.15) is 0 Å². The molecule has 0 aromatic carbocycles. The molecule has 5 nitrogen and oxygen atoms in total. The van der Waals surface area contributed by atoms with Crippen LogP contribution in [0.25, 0.3) is 0 Å². The second kappa shape index (κ2) is 29.9. The predicted molar refractivity (Wildman–Crippen MR) is 182 cm³/mol. The Labute approximate surface area is 263 Å². The summed E-state index contributed by atoms with van der Waals surface area (Å²) in [6.07, 6.45) is 31.6. The van der Waals surface area contributed by atoms with Crippen molar-refractivity contribution in [2.75, 3.05) is 40.3 Å². The van der Waals surface area contributed by atoms with Gasteiger partial charge in [-0.25, -0.2) is 4.79 Å². The fourth-order valence-electron chi connectivity index (χ4n) is 5.68. The first kappa shape index (κ1) is 40.9. The van der Waals surface area contributed by atoms with Crippen molar-refractivity contribution < 1.29 is 18.8 Å². The standard InChI is InChI=1S/C37H74N2O3/c1-6-7-8-9-10-11-18-21-24-27-33-42-37(41)34-39(4,5)32-28-31-38-36(40)30-26-23-20-17-15-13-12-14-16-19-22-25-29-35(2)3/h35H,6-34H2,1-5H3/p+1. The normalized spacial score (nSPS) is 11.8. The van der Waals surface area contributed by atoms with Crippen LogP contribution in [0.2, 0.25) is 0 Å². The van der Waals surface area contributed by atoms with Gasteiger partial charge < -0.3 is 14.5 Å². The Bertz CT molecular complexity index is 606. The van der Waals surface area contributed by atoms with Gasteiger partial charge in [-0.15, -0.1) is 0 Å². The number of nitrogens with one attached hydrogen (secondary N) is 1. The molecule has 1 amide bonds. The molecule has 0 saturated heterocycles. The zero-order chi connectivity index (χ0) is 31.2. The zero-order valence-corrected chi connectivity index (χ0v) is 29.3. The summed E-state index contributed by atoms with van der Waals surface area (Å²) < 4.78 is 6.09. The number of likely N-dealkylation sites (N-methyl/N-ethyl adjacent to an activating group) is 1. The van der Waals surface area contributed by atoms with E-state index in [-0.39, 0.29) is 11.9 Å². The highest BCUT2D eigenvalue weighted by Gasteiger charge is 2.20. The smallest absolute Gasteiger partial charge is 0.361 e. The number of quaternary nitrogens is 1. The number of ether oxygens (including phenoxy) is 1. The third kappa shape index (κ3) is 31.8. The van der Waals surface area contributed by atoms with E-state index in [9.17, 15) is 9.59 Å². The van der Waals surface area contributed by atoms with E-state index >= 15 is 0 Å². The van der Waals surface area contributed by atoms with Crippen LogP contribution in [-0.2, 0) is 14.3 Å². The summed E-state index contributed by atoms with van der Waals surface area (Å²) in [5, 5.41) is 3.07. The first-order chi connectivity index (χ1) is 20.3. The Hall–Kier alpha value is -1.10. The lowest BCUT2D eigenvalue weighted by atomic mass is 10.0. The van der Waals surface area contributed by atoms with Crippen LogP contribution in [0.4, 0.5) is 0 Å². The Kier molecular flexibility index (Phi) is 29.2. The number of esters is 1. The molecule has 0 bridgehead atoms. The fraction of sp³-hybridized carbons (Fsp3) is 0.946. The number of hydrogen-bond donors (Lipinski definition) is 1. The summed E-state index contributed by atoms with van der Waals surface area (Å²) in [6, 6.07) is 0. The molecule has 1 N–H and O–H groups in total. The lowest BCUT2D eigenvalue weighted by Gasteiger charge is -2.28. The van der Waals surface area contributed by atoms with E-state index < -0.39 is 0 Å². The molecule has 0 fully saturated rings. The number of carbonyl (C=O) groups excluding carboxylic acids is 2. The fourth-order valence-corrected chi connectivity index (χ4v) is 5.68. The molecule has 0 aliphatic heterocycles. The van der Waals surface area contributed by atoms with Crippen LogP contribution < -0.4 is 5.32 Å². The topological polar surface area (TPSA) is 55.4 Å². The first-order valence-electron chi connectivity index (χ1n) is 18.5. The van der Waals surface area contributed by atoms with Crippen molar-refractivity contribution in [3.8, 4) is 0 Å². The van der Waals surface area contributed by atoms with Crippen LogP contribution in [-0.4, -0.2) is 56.7 Å². The average Bonchev–Trinajstić information content (AvgIpc) is 2.93. The summed E-state index contributed by atoms with van der Waals surface area (Å²) in [4.78, 5) is 24.4. The largest absolute Gasteiger partial charge is 0.462 e. The highest BCUT2D eigenvalue weighted by Crippen LogP contribution is 2.15. The average molecular weight is 596 g/mol. The van der Waals surface area contributed by atoms with Gasteiger partial charge in [0.2, 0.25) is 5.91 Å². The second-order valence-corrected chi connectivity index (χ2v) is 14.1. The molecule has 0 rings (SSSR count). The van der Waals surface area contributed by atoms with Crippen molar-refractivity contribution in [1.82, 2.24) is 5.32 Å². The molecule has 42 heavy (non-hydrogen) atoms. The van der Waals surface area contributed by atoms with Crippen LogP contribution in [0, 0.1) is 5.92 Å². The quantitative estimate of drug-likeness (QED) is 0.0478. The van der Waals surface area contributed by atoms with E-state index in [1.807, 2.05) is 0 Å². The summed E-state index contributed by atoms with van der Waals surface area (Å²) >= 11 is 0. The van der Waals surface area contributed by atoms with Gasteiger partial charge in [0.05, 0.1) is 27.2 Å². The maximum absolute atomic E-state index is 12.3. The van der Waals surface area contributed by atoms with E-state index in [0.29, 0.717) is 30.6 Å². The number of amides is 1. The number of carbonyl (C=O) groups is 2. The van der Waals surface area contributed by atoms with Crippen LogP contribution in [0.1, 0.15) is 181 Å². The van der Waals surface area contributed by atoms with Crippen molar-refractivity contribution in [3.05, 3.63) is 0 Å². The Morgan fingerprint density at radius 2 is 1.07 bits per heavy atom. The number of nitrogens with zero attached hydrogens (tertiary/aromatic N) is 1. The lowest BCUT2D eigenvalue weighted by Crippen LogP contribution is -2.46. The van der Waals surface area contributed by atoms with Gasteiger partial charge in [0.15, 0.2) is 6.54 Å². The molecular formula is C37H75N2O3+. The highest BCUT2D eigenvalue weighted by atomic mass is 16.5. The Morgan fingerprint density at radius 3 is 1.57 bits per heavy atom. The molecule has 0 aliphatic carbocycles. The van der Waals surface area contributed by atoms with E-state index in [1.54, 1.807) is 0 Å². The zero-order valence-electron chi connectivity index (χ0n) is 29.3. The van der Waals surface area contributed by atoms with Crippen LogP contribution in [0.3, 0.4) is 0 Å². The molecule has 0 aromatic heterocycles. The molecule has 0 unspecified atom stereocenters. The predicted octanol–water partition coefficient (Wildman–Crippen LogP) is 10.2. The van der Waals surface area contributed by atoms with E-state index in [2.05, 4.69) is 40.2 Å². The molecular weight excluding hydrogens is 520 g/mol. The van der Waals surface area contributed by atoms with Crippen molar-refractivity contribution in [1.29, 1.82) is 0 Å². The third-order valence-electron chi connectivity index (χ3n) is 8.52. The van der Waals surface area contributed by atoms with Gasteiger partial charge in [-0.05, 0) is 18.8 Å². The minimum Gasteiger partial charge on any atom is -0.462 e. The van der Waals surface area contributed by atoms with E-state index in [1.165, 1.54) is 122 Å².